The Bertz CT molecular complexity index is 1180. The van der Waals surface area contributed by atoms with Gasteiger partial charge in [-0.15, -0.1) is 0 Å². The van der Waals surface area contributed by atoms with Gasteiger partial charge < -0.3 is 30.5 Å². The van der Waals surface area contributed by atoms with Crippen LogP contribution in [0.3, 0.4) is 0 Å². The van der Waals surface area contributed by atoms with Crippen molar-refractivity contribution >= 4 is 34.4 Å². The van der Waals surface area contributed by atoms with Crippen molar-refractivity contribution < 1.29 is 23.1 Å². The van der Waals surface area contributed by atoms with E-state index in [0.717, 1.165) is 23.9 Å². The normalized spacial score (nSPS) is 14.8. The fourth-order valence-corrected chi connectivity index (χ4v) is 3.79. The molecule has 0 radical (unpaired) electrons. The van der Waals surface area contributed by atoms with Gasteiger partial charge in [-0.1, -0.05) is 6.92 Å². The zero-order chi connectivity index (χ0) is 24.5. The number of hydrogen-bond donors (Lipinski definition) is 4. The molecule has 10 nitrogen and oxygen atoms in total. The van der Waals surface area contributed by atoms with Crippen molar-refractivity contribution in [3.8, 4) is 0 Å². The first-order valence-corrected chi connectivity index (χ1v) is 10.8. The molecule has 0 spiro atoms. The zero-order valence-electron chi connectivity index (χ0n) is 18.6. The molecule has 3 aromatic heterocycles. The van der Waals surface area contributed by atoms with Crippen molar-refractivity contribution in [2.75, 3.05) is 41.3 Å². The number of nitrogens with zero attached hydrogens (tertiary/aromatic N) is 5. The van der Waals surface area contributed by atoms with Crippen molar-refractivity contribution in [3.63, 3.8) is 0 Å². The van der Waals surface area contributed by atoms with Crippen LogP contribution >= 0.6 is 0 Å². The van der Waals surface area contributed by atoms with Gasteiger partial charge in [-0.3, -0.25) is 4.79 Å². The molecule has 0 saturated carbocycles. The molecule has 1 amide bonds. The fraction of sp³-hybridized carbons (Fsp3) is 0.429. The molecule has 0 aliphatic carbocycles. The van der Waals surface area contributed by atoms with Crippen LogP contribution in [-0.4, -0.2) is 69.7 Å². The van der Waals surface area contributed by atoms with Crippen molar-refractivity contribution in [3.05, 3.63) is 35.8 Å². The topological polar surface area (TPSA) is 122 Å². The van der Waals surface area contributed by atoms with E-state index in [-0.39, 0.29) is 17.5 Å². The van der Waals surface area contributed by atoms with Gasteiger partial charge in [0.1, 0.15) is 17.9 Å². The largest absolute Gasteiger partial charge is 0.405 e. The summed E-state index contributed by atoms with van der Waals surface area (Å²) in [4.78, 5) is 31.8. The maximum Gasteiger partial charge on any atom is 0.405 e. The second kappa shape index (κ2) is 9.33. The highest BCUT2D eigenvalue weighted by Crippen LogP contribution is 2.33. The van der Waals surface area contributed by atoms with Gasteiger partial charge in [0.2, 0.25) is 12.3 Å². The average Bonchev–Trinajstić information content (AvgIpc) is 3.16. The summed E-state index contributed by atoms with van der Waals surface area (Å²) in [5.41, 5.74) is 2.08. The summed E-state index contributed by atoms with van der Waals surface area (Å²) in [6, 6.07) is 3.00. The Labute approximate surface area is 193 Å². The first-order valence-electron chi connectivity index (χ1n) is 10.8. The van der Waals surface area contributed by atoms with E-state index in [2.05, 4.69) is 25.3 Å². The molecule has 1 unspecified atom stereocenters. The Kier molecular flexibility index (Phi) is 6.46. The van der Waals surface area contributed by atoms with E-state index < -0.39 is 25.0 Å². The van der Waals surface area contributed by atoms with Crippen molar-refractivity contribution in [2.24, 2.45) is 0 Å². The predicted octanol–water partition coefficient (Wildman–Crippen LogP) is 2.38. The van der Waals surface area contributed by atoms with Gasteiger partial charge in [0.05, 0.1) is 5.69 Å². The molecule has 4 N–H and O–H groups in total. The Morgan fingerprint density at radius 2 is 2.09 bits per heavy atom. The molecule has 0 saturated heterocycles. The number of alkyl halides is 3. The number of anilines is 3. The first kappa shape index (κ1) is 23.5. The summed E-state index contributed by atoms with van der Waals surface area (Å²) in [6.07, 6.45) is -1.53. The highest BCUT2D eigenvalue weighted by molar-refractivity contribution is 5.93. The lowest BCUT2D eigenvalue weighted by molar-refractivity contribution is -0.123. The number of carbonyl (C=O) groups is 1. The molecule has 3 aromatic rings. The molecule has 0 bridgehead atoms. The van der Waals surface area contributed by atoms with Crippen LogP contribution in [0, 0.1) is 6.92 Å². The van der Waals surface area contributed by atoms with Crippen LogP contribution in [0.15, 0.2) is 24.5 Å². The average molecular weight is 478 g/mol. The quantitative estimate of drug-likeness (QED) is 0.382. The summed E-state index contributed by atoms with van der Waals surface area (Å²) in [6.45, 7) is 4.13. The predicted molar refractivity (Wildman–Crippen MR) is 121 cm³/mol. The number of aromatic nitrogens is 4. The van der Waals surface area contributed by atoms with E-state index in [1.165, 1.54) is 11.0 Å². The lowest BCUT2D eigenvalue weighted by Crippen LogP contribution is -2.50. The molecule has 0 fully saturated rings. The van der Waals surface area contributed by atoms with Crippen molar-refractivity contribution in [1.82, 2.24) is 25.3 Å². The van der Waals surface area contributed by atoms with E-state index >= 15 is 0 Å². The fourth-order valence-electron chi connectivity index (χ4n) is 3.79. The number of H-pyrrole nitrogens is 1. The highest BCUT2D eigenvalue weighted by Gasteiger charge is 2.31. The number of aromatic amines is 1. The minimum atomic E-state index is -4.54. The van der Waals surface area contributed by atoms with Crippen molar-refractivity contribution in [2.45, 2.75) is 32.8 Å². The molecule has 1 atom stereocenters. The maximum absolute atomic E-state index is 12.5. The van der Waals surface area contributed by atoms with E-state index in [4.69, 9.17) is 0 Å². The summed E-state index contributed by atoms with van der Waals surface area (Å²) in [5, 5.41) is 16.4. The minimum absolute atomic E-state index is 0.179. The van der Waals surface area contributed by atoms with E-state index in [1.807, 2.05) is 24.1 Å². The number of amides is 1. The molecule has 4 heterocycles. The number of pyridine rings is 1. The number of aliphatic hydroxyl groups is 1. The van der Waals surface area contributed by atoms with Gasteiger partial charge in [-0.2, -0.15) is 18.2 Å². The van der Waals surface area contributed by atoms with E-state index in [1.54, 1.807) is 18.5 Å². The maximum atomic E-state index is 12.5. The molecular weight excluding hydrogens is 453 g/mol. The van der Waals surface area contributed by atoms with Crippen LogP contribution in [0.4, 0.5) is 30.6 Å². The van der Waals surface area contributed by atoms with Gasteiger partial charge in [0.15, 0.2) is 5.82 Å². The van der Waals surface area contributed by atoms with E-state index in [9.17, 15) is 23.1 Å². The van der Waals surface area contributed by atoms with Gasteiger partial charge >= 0.3 is 6.18 Å². The summed E-state index contributed by atoms with van der Waals surface area (Å²) in [7, 11) is 0. The third kappa shape index (κ3) is 4.98. The van der Waals surface area contributed by atoms with Gasteiger partial charge in [-0.05, 0) is 31.0 Å². The number of hydrogen-bond acceptors (Lipinski definition) is 8. The molecule has 4 rings (SSSR count). The summed E-state index contributed by atoms with van der Waals surface area (Å²) < 4.78 is 37.5. The molecule has 1 aliphatic heterocycles. The smallest absolute Gasteiger partial charge is 0.367 e. The lowest BCUT2D eigenvalue weighted by Gasteiger charge is -2.40. The third-order valence-corrected chi connectivity index (χ3v) is 5.45. The number of aryl methyl sites for hydroxylation is 1. The first-order chi connectivity index (χ1) is 16.2. The van der Waals surface area contributed by atoms with Crippen LogP contribution < -0.4 is 20.4 Å². The molecule has 34 heavy (non-hydrogen) atoms. The molecular formula is C21H25F3N8O2. The standard InChI is InChI=1S/C21H25F3N8O2/c1-3-6-31-7-8-32(20(34)30-19-26-10-13-12(2)9-25-16(13)29-19)17-15(31)5-4-14(28-17)18(33)27-11-21(22,23)24/h4-5,9-10,20,34H,3,6-8,11H2,1-2H3,(H,27,33)(H2,25,26,29,30). The van der Waals surface area contributed by atoms with Crippen molar-refractivity contribution in [1.29, 1.82) is 0 Å². The minimum Gasteiger partial charge on any atom is -0.367 e. The Morgan fingerprint density at radius 3 is 2.82 bits per heavy atom. The van der Waals surface area contributed by atoms with E-state index in [0.29, 0.717) is 24.4 Å². The zero-order valence-corrected chi connectivity index (χ0v) is 18.6. The van der Waals surface area contributed by atoms with Crippen LogP contribution in [0.25, 0.3) is 11.0 Å². The lowest BCUT2D eigenvalue weighted by atomic mass is 10.2. The van der Waals surface area contributed by atoms with Crippen LogP contribution in [0.2, 0.25) is 0 Å². The van der Waals surface area contributed by atoms with Crippen LogP contribution in [0.5, 0.6) is 0 Å². The number of rotatable bonds is 7. The third-order valence-electron chi connectivity index (χ3n) is 5.45. The summed E-state index contributed by atoms with van der Waals surface area (Å²) >= 11 is 0. The summed E-state index contributed by atoms with van der Waals surface area (Å²) in [5.74, 6) is -0.499. The number of carbonyl (C=O) groups excluding carboxylic acids is 1. The Morgan fingerprint density at radius 1 is 1.29 bits per heavy atom. The van der Waals surface area contributed by atoms with Gasteiger partial charge in [0, 0.05) is 37.4 Å². The molecule has 0 aromatic carbocycles. The second-order valence-electron chi connectivity index (χ2n) is 7.96. The molecule has 13 heteroatoms. The molecule has 1 aliphatic rings. The monoisotopic (exact) mass is 478 g/mol. The van der Waals surface area contributed by atoms with Crippen LogP contribution in [-0.2, 0) is 0 Å². The number of fused-ring (bicyclic) bond motifs is 2. The number of aliphatic hydroxyl groups excluding tert-OH is 1. The Hall–Kier alpha value is -3.61. The van der Waals surface area contributed by atoms with Gasteiger partial charge in [-0.25, -0.2) is 9.97 Å². The second-order valence-corrected chi connectivity index (χ2v) is 7.96. The van der Waals surface area contributed by atoms with Gasteiger partial charge in [0.25, 0.3) is 5.91 Å². The molecule has 182 valence electrons. The SMILES string of the molecule is CCCN1CCN(C(O)Nc2ncc3c(C)c[nH]c3n2)c2nc(C(=O)NCC(F)(F)F)ccc21. The highest BCUT2D eigenvalue weighted by atomic mass is 19.4. The number of nitrogens with one attached hydrogen (secondary N) is 3. The number of halogens is 3. The van der Waals surface area contributed by atoms with Crippen LogP contribution in [0.1, 0.15) is 29.4 Å². The Balaban J connectivity index is 1.59.